The number of nitrogens with one attached hydrogen (secondary N) is 2. The third-order valence-corrected chi connectivity index (χ3v) is 5.89. The van der Waals surface area contributed by atoms with Crippen LogP contribution in [0.3, 0.4) is 0 Å². The number of hydrogen-bond acceptors (Lipinski definition) is 5. The number of rotatable bonds is 4. The Morgan fingerprint density at radius 2 is 1.53 bits per heavy atom. The average molecular weight is 474 g/mol. The largest absolute Gasteiger partial charge is 0.444 e. The number of amides is 2. The van der Waals surface area contributed by atoms with Crippen LogP contribution < -0.4 is 10.6 Å². The Morgan fingerprint density at radius 1 is 0.853 bits per heavy atom. The minimum absolute atomic E-state index is 0.212. The Bertz CT molecular complexity index is 1350. The van der Waals surface area contributed by atoms with Gasteiger partial charge in [0.2, 0.25) is 0 Å². The van der Waals surface area contributed by atoms with Gasteiger partial charge in [-0.2, -0.15) is 0 Å². The van der Waals surface area contributed by atoms with Crippen molar-refractivity contribution in [3.05, 3.63) is 77.4 Å². The molecule has 1 aromatic heterocycles. The number of anilines is 2. The molecule has 0 bridgehead atoms. The number of carbonyl (C=O) groups excluding carboxylic acids is 2. The summed E-state index contributed by atoms with van der Waals surface area (Å²) in [7, 11) is 0. The van der Waals surface area contributed by atoms with Gasteiger partial charge < -0.3 is 10.1 Å². The molecule has 6 nitrogen and oxygen atoms in total. The van der Waals surface area contributed by atoms with Crippen LogP contribution in [0.25, 0.3) is 21.3 Å². The van der Waals surface area contributed by atoms with Gasteiger partial charge in [0.05, 0.1) is 10.2 Å². The number of aryl methyl sites for hydroxylation is 2. The first-order valence-electron chi connectivity index (χ1n) is 11.0. The average Bonchev–Trinajstić information content (AvgIpc) is 3.13. The molecule has 0 aliphatic rings. The lowest BCUT2D eigenvalue weighted by atomic mass is 10.0. The van der Waals surface area contributed by atoms with E-state index in [1.807, 2.05) is 24.3 Å². The lowest BCUT2D eigenvalue weighted by molar-refractivity contribution is 0.0635. The fraction of sp³-hybridized carbons (Fsp3) is 0.222. The number of hydrogen-bond donors (Lipinski definition) is 2. The fourth-order valence-corrected chi connectivity index (χ4v) is 4.49. The van der Waals surface area contributed by atoms with E-state index >= 15 is 0 Å². The summed E-state index contributed by atoms with van der Waals surface area (Å²) in [5, 5.41) is 6.01. The highest BCUT2D eigenvalue weighted by Crippen LogP contribution is 2.28. The van der Waals surface area contributed by atoms with E-state index in [9.17, 15) is 9.59 Å². The van der Waals surface area contributed by atoms with Gasteiger partial charge in [-0.1, -0.05) is 52.8 Å². The van der Waals surface area contributed by atoms with E-state index in [2.05, 4.69) is 47.7 Å². The minimum Gasteiger partial charge on any atom is -0.444 e. The molecule has 0 aliphatic carbocycles. The molecule has 174 valence electrons. The number of nitrogens with zero attached hydrogens (tertiary/aromatic N) is 1. The van der Waals surface area contributed by atoms with Crippen LogP contribution in [0.2, 0.25) is 0 Å². The fourth-order valence-electron chi connectivity index (χ4n) is 3.60. The monoisotopic (exact) mass is 473 g/mol. The van der Waals surface area contributed by atoms with Crippen molar-refractivity contribution in [1.29, 1.82) is 0 Å². The molecular formula is C27H27N3O3S. The van der Waals surface area contributed by atoms with Crippen molar-refractivity contribution in [3.63, 3.8) is 0 Å². The predicted octanol–water partition coefficient (Wildman–Crippen LogP) is 7.18. The van der Waals surface area contributed by atoms with Crippen LogP contribution in [-0.4, -0.2) is 22.6 Å². The first-order valence-corrected chi connectivity index (χ1v) is 11.8. The highest BCUT2D eigenvalue weighted by atomic mass is 32.1. The molecule has 2 N–H and O–H groups in total. The maximum absolute atomic E-state index is 12.8. The van der Waals surface area contributed by atoms with E-state index in [1.165, 1.54) is 22.5 Å². The summed E-state index contributed by atoms with van der Waals surface area (Å²) >= 11 is 1.29. The molecular weight excluding hydrogens is 446 g/mol. The molecule has 0 radical (unpaired) electrons. The third kappa shape index (κ3) is 5.80. The summed E-state index contributed by atoms with van der Waals surface area (Å²) in [6, 6.07) is 19.5. The van der Waals surface area contributed by atoms with Crippen LogP contribution >= 0.6 is 11.3 Å². The molecule has 4 rings (SSSR count). The zero-order valence-electron chi connectivity index (χ0n) is 19.9. The van der Waals surface area contributed by atoms with Gasteiger partial charge in [0.1, 0.15) is 5.60 Å². The number of fused-ring (bicyclic) bond motifs is 1. The van der Waals surface area contributed by atoms with Gasteiger partial charge in [0, 0.05) is 11.3 Å². The summed E-state index contributed by atoms with van der Waals surface area (Å²) in [6.45, 7) is 9.57. The second-order valence-electron chi connectivity index (χ2n) is 9.24. The second kappa shape index (κ2) is 9.27. The molecule has 34 heavy (non-hydrogen) atoms. The van der Waals surface area contributed by atoms with Gasteiger partial charge >= 0.3 is 6.09 Å². The smallest absolute Gasteiger partial charge is 0.413 e. The molecule has 0 unspecified atom stereocenters. The zero-order valence-corrected chi connectivity index (χ0v) is 20.7. The van der Waals surface area contributed by atoms with Crippen molar-refractivity contribution < 1.29 is 14.3 Å². The first kappa shape index (κ1) is 23.4. The molecule has 0 atom stereocenters. The Kier molecular flexibility index (Phi) is 6.39. The Morgan fingerprint density at radius 3 is 2.18 bits per heavy atom. The summed E-state index contributed by atoms with van der Waals surface area (Å²) in [4.78, 5) is 29.2. The van der Waals surface area contributed by atoms with Gasteiger partial charge in [-0.3, -0.25) is 10.1 Å². The van der Waals surface area contributed by atoms with Crippen LogP contribution in [0.4, 0.5) is 15.6 Å². The molecule has 2 amide bonds. The van der Waals surface area contributed by atoms with Crippen LogP contribution in [0, 0.1) is 13.8 Å². The predicted molar refractivity (Wildman–Crippen MR) is 139 cm³/mol. The molecule has 0 saturated carbocycles. The Balaban J connectivity index is 1.46. The highest BCUT2D eigenvalue weighted by Gasteiger charge is 2.18. The lowest BCUT2D eigenvalue weighted by Crippen LogP contribution is -2.27. The van der Waals surface area contributed by atoms with E-state index < -0.39 is 11.7 Å². The number of benzene rings is 3. The molecule has 0 spiro atoms. The van der Waals surface area contributed by atoms with Crippen molar-refractivity contribution in [2.24, 2.45) is 0 Å². The third-order valence-electron chi connectivity index (χ3n) is 4.96. The molecule has 4 aromatic rings. The number of aromatic nitrogens is 1. The summed E-state index contributed by atoms with van der Waals surface area (Å²) in [5.74, 6) is -0.212. The Labute approximate surface area is 203 Å². The van der Waals surface area contributed by atoms with E-state index in [-0.39, 0.29) is 5.91 Å². The number of thiazole rings is 1. The molecule has 1 heterocycles. The van der Waals surface area contributed by atoms with Crippen molar-refractivity contribution >= 4 is 44.4 Å². The summed E-state index contributed by atoms with van der Waals surface area (Å²) < 4.78 is 6.06. The van der Waals surface area contributed by atoms with Crippen molar-refractivity contribution in [2.45, 2.75) is 40.2 Å². The SMILES string of the molecule is Cc1cc(C)cc(-c2ccc(NC(=O)c3ccc4nc(NC(=O)OC(C)(C)C)sc4c3)cc2)c1. The minimum atomic E-state index is -0.594. The van der Waals surface area contributed by atoms with Gasteiger partial charge in [-0.15, -0.1) is 0 Å². The van der Waals surface area contributed by atoms with Crippen LogP contribution in [0.15, 0.2) is 60.7 Å². The van der Waals surface area contributed by atoms with E-state index in [1.54, 1.807) is 39.0 Å². The molecule has 0 aliphatic heterocycles. The summed E-state index contributed by atoms with van der Waals surface area (Å²) in [5.41, 5.74) is 6.02. The topological polar surface area (TPSA) is 80.3 Å². The van der Waals surface area contributed by atoms with Crippen LogP contribution in [0.5, 0.6) is 0 Å². The molecule has 7 heteroatoms. The molecule has 3 aromatic carbocycles. The standard InChI is InChI=1S/C27H27N3O3S/c1-16-12-17(2)14-20(13-16)18-6-9-21(10-7-18)28-24(31)19-8-11-22-23(15-19)34-25(29-22)30-26(32)33-27(3,4)5/h6-15H,1-5H3,(H,28,31)(H,29,30,32). The van der Waals surface area contributed by atoms with Gasteiger partial charge in [-0.25, -0.2) is 9.78 Å². The van der Waals surface area contributed by atoms with E-state index in [0.717, 1.165) is 21.5 Å². The van der Waals surface area contributed by atoms with Crippen molar-refractivity contribution in [3.8, 4) is 11.1 Å². The van der Waals surface area contributed by atoms with Gasteiger partial charge in [0.25, 0.3) is 5.91 Å². The summed E-state index contributed by atoms with van der Waals surface area (Å²) in [6.07, 6.45) is -0.561. The number of carbonyl (C=O) groups is 2. The maximum Gasteiger partial charge on any atom is 0.413 e. The van der Waals surface area contributed by atoms with Crippen LogP contribution in [0.1, 0.15) is 42.3 Å². The van der Waals surface area contributed by atoms with Crippen molar-refractivity contribution in [1.82, 2.24) is 4.98 Å². The quantitative estimate of drug-likeness (QED) is 0.329. The lowest BCUT2D eigenvalue weighted by Gasteiger charge is -2.18. The van der Waals surface area contributed by atoms with Crippen LogP contribution in [-0.2, 0) is 4.74 Å². The highest BCUT2D eigenvalue weighted by molar-refractivity contribution is 7.22. The first-order chi connectivity index (χ1) is 16.1. The second-order valence-corrected chi connectivity index (χ2v) is 10.3. The normalized spacial score (nSPS) is 11.3. The molecule has 0 saturated heterocycles. The molecule has 0 fully saturated rings. The van der Waals surface area contributed by atoms with Crippen molar-refractivity contribution in [2.75, 3.05) is 10.6 Å². The number of ether oxygens (including phenoxy) is 1. The van der Waals surface area contributed by atoms with E-state index in [4.69, 9.17) is 4.74 Å². The zero-order chi connectivity index (χ0) is 24.5. The van der Waals surface area contributed by atoms with Gasteiger partial charge in [-0.05, 0) is 76.1 Å². The maximum atomic E-state index is 12.8. The Hall–Kier alpha value is -3.71. The van der Waals surface area contributed by atoms with Gasteiger partial charge in [0.15, 0.2) is 5.13 Å². The van der Waals surface area contributed by atoms with E-state index in [0.29, 0.717) is 16.2 Å².